The number of nitrogens with one attached hydrogen (secondary N) is 1. The van der Waals surface area contributed by atoms with Gasteiger partial charge in [-0.25, -0.2) is 8.78 Å². The number of hydrogen-bond donors (Lipinski definition) is 1. The van der Waals surface area contributed by atoms with Gasteiger partial charge < -0.3 is 5.32 Å². The van der Waals surface area contributed by atoms with Crippen LogP contribution in [0.3, 0.4) is 0 Å². The first-order valence-corrected chi connectivity index (χ1v) is 5.07. The Bertz CT molecular complexity index is 313. The molecular formula is C11H14ClF2N. The van der Waals surface area contributed by atoms with Crippen LogP contribution in [0, 0.1) is 0 Å². The van der Waals surface area contributed by atoms with Gasteiger partial charge in [0.05, 0.1) is 5.54 Å². The second-order valence-corrected chi connectivity index (χ2v) is 4.21. The number of alkyl halides is 2. The second kappa shape index (κ2) is 4.90. The van der Waals surface area contributed by atoms with Gasteiger partial charge in [0.1, 0.15) is 0 Å². The zero-order valence-corrected chi connectivity index (χ0v) is 9.48. The normalized spacial score (nSPS) is 15.3. The summed E-state index contributed by atoms with van der Waals surface area (Å²) in [7, 11) is 1.54. The van der Waals surface area contributed by atoms with Gasteiger partial charge in [0, 0.05) is 5.02 Å². The molecule has 0 bridgehead atoms. The van der Waals surface area contributed by atoms with Gasteiger partial charge in [0.15, 0.2) is 0 Å². The summed E-state index contributed by atoms with van der Waals surface area (Å²) >= 11 is 5.72. The standard InChI is InChI=1S/C11H14ClF2N/c1-11(15-2,10(13)14)7-8-3-5-9(12)6-4-8/h3-6,10,15H,7H2,1-2H3. The van der Waals surface area contributed by atoms with Gasteiger partial charge in [0.25, 0.3) is 6.43 Å². The first-order chi connectivity index (χ1) is 6.98. The van der Waals surface area contributed by atoms with Gasteiger partial charge in [-0.05, 0) is 38.1 Å². The van der Waals surface area contributed by atoms with E-state index in [-0.39, 0.29) is 6.42 Å². The average Bonchev–Trinajstić information content (AvgIpc) is 2.21. The lowest BCUT2D eigenvalue weighted by atomic mass is 9.93. The number of likely N-dealkylation sites (N-methyl/N-ethyl adjacent to an activating group) is 1. The molecule has 0 saturated carbocycles. The zero-order chi connectivity index (χ0) is 11.5. The predicted molar refractivity (Wildman–Crippen MR) is 58.6 cm³/mol. The Labute approximate surface area is 93.4 Å². The molecule has 1 atom stereocenters. The molecule has 4 heteroatoms. The fraction of sp³-hybridized carbons (Fsp3) is 0.455. The summed E-state index contributed by atoms with van der Waals surface area (Å²) in [6, 6.07) is 6.94. The molecule has 0 amide bonds. The number of halogens is 3. The van der Waals surface area contributed by atoms with E-state index in [0.29, 0.717) is 5.02 Å². The Morgan fingerprint density at radius 1 is 1.33 bits per heavy atom. The minimum atomic E-state index is -2.40. The fourth-order valence-corrected chi connectivity index (χ4v) is 1.43. The van der Waals surface area contributed by atoms with Crippen LogP contribution in [-0.2, 0) is 6.42 Å². The zero-order valence-electron chi connectivity index (χ0n) is 8.73. The molecule has 0 saturated heterocycles. The molecule has 84 valence electrons. The average molecular weight is 234 g/mol. The number of benzene rings is 1. The van der Waals surface area contributed by atoms with Crippen LogP contribution >= 0.6 is 11.6 Å². The van der Waals surface area contributed by atoms with Crippen LogP contribution in [0.5, 0.6) is 0 Å². The quantitative estimate of drug-likeness (QED) is 0.843. The Kier molecular flexibility index (Phi) is 4.05. The van der Waals surface area contributed by atoms with Gasteiger partial charge in [-0.15, -0.1) is 0 Å². The van der Waals surface area contributed by atoms with Gasteiger partial charge in [-0.1, -0.05) is 23.7 Å². The minimum Gasteiger partial charge on any atom is -0.309 e. The molecule has 1 nitrogen and oxygen atoms in total. The molecule has 1 N–H and O–H groups in total. The van der Waals surface area contributed by atoms with E-state index >= 15 is 0 Å². The SMILES string of the molecule is CNC(C)(Cc1ccc(Cl)cc1)C(F)F. The van der Waals surface area contributed by atoms with Crippen LogP contribution in [0.2, 0.25) is 5.02 Å². The topological polar surface area (TPSA) is 12.0 Å². The third kappa shape index (κ3) is 3.14. The highest BCUT2D eigenvalue weighted by Crippen LogP contribution is 2.21. The van der Waals surface area contributed by atoms with Crippen molar-refractivity contribution in [1.29, 1.82) is 0 Å². The van der Waals surface area contributed by atoms with E-state index in [2.05, 4.69) is 5.32 Å². The summed E-state index contributed by atoms with van der Waals surface area (Å²) in [5.74, 6) is 0. The summed E-state index contributed by atoms with van der Waals surface area (Å²) in [6.07, 6.45) is -2.13. The molecule has 1 aromatic rings. The van der Waals surface area contributed by atoms with Gasteiger partial charge in [-0.3, -0.25) is 0 Å². The van der Waals surface area contributed by atoms with E-state index in [1.165, 1.54) is 6.92 Å². The molecule has 0 aliphatic rings. The van der Waals surface area contributed by atoms with Gasteiger partial charge >= 0.3 is 0 Å². The highest BCUT2D eigenvalue weighted by molar-refractivity contribution is 6.30. The summed E-state index contributed by atoms with van der Waals surface area (Å²) < 4.78 is 25.5. The van der Waals surface area contributed by atoms with Crippen molar-refractivity contribution in [2.45, 2.75) is 25.3 Å². The second-order valence-electron chi connectivity index (χ2n) is 3.77. The van der Waals surface area contributed by atoms with Crippen LogP contribution in [0.25, 0.3) is 0 Å². The Morgan fingerprint density at radius 2 is 1.87 bits per heavy atom. The third-order valence-corrected chi connectivity index (χ3v) is 2.79. The van der Waals surface area contributed by atoms with Crippen molar-refractivity contribution in [2.24, 2.45) is 0 Å². The van der Waals surface area contributed by atoms with Crippen molar-refractivity contribution < 1.29 is 8.78 Å². The van der Waals surface area contributed by atoms with E-state index in [4.69, 9.17) is 11.6 Å². The van der Waals surface area contributed by atoms with Crippen LogP contribution in [0.1, 0.15) is 12.5 Å². The number of rotatable bonds is 4. The predicted octanol–water partition coefficient (Wildman–Crippen LogP) is 3.13. The number of hydrogen-bond acceptors (Lipinski definition) is 1. The molecular weight excluding hydrogens is 220 g/mol. The minimum absolute atomic E-state index is 0.276. The van der Waals surface area contributed by atoms with Crippen molar-refractivity contribution in [1.82, 2.24) is 5.32 Å². The molecule has 0 aromatic heterocycles. The maximum atomic E-state index is 12.8. The Hall–Kier alpha value is -0.670. The molecule has 0 spiro atoms. The van der Waals surface area contributed by atoms with E-state index in [9.17, 15) is 8.78 Å². The molecule has 0 aliphatic heterocycles. The first-order valence-electron chi connectivity index (χ1n) is 4.69. The lowest BCUT2D eigenvalue weighted by Crippen LogP contribution is -2.48. The largest absolute Gasteiger partial charge is 0.309 e. The Balaban J connectivity index is 2.79. The molecule has 1 rings (SSSR count). The summed E-state index contributed by atoms with van der Waals surface area (Å²) in [6.45, 7) is 1.51. The molecule has 15 heavy (non-hydrogen) atoms. The van der Waals surface area contributed by atoms with E-state index in [1.54, 1.807) is 31.3 Å². The van der Waals surface area contributed by atoms with Crippen molar-refractivity contribution in [3.63, 3.8) is 0 Å². The summed E-state index contributed by atoms with van der Waals surface area (Å²) in [5.41, 5.74) is -0.343. The van der Waals surface area contributed by atoms with Crippen molar-refractivity contribution >= 4 is 11.6 Å². The summed E-state index contributed by atoms with van der Waals surface area (Å²) in [4.78, 5) is 0. The lowest BCUT2D eigenvalue weighted by Gasteiger charge is -2.28. The van der Waals surface area contributed by atoms with Gasteiger partial charge in [-0.2, -0.15) is 0 Å². The maximum Gasteiger partial charge on any atom is 0.256 e. The van der Waals surface area contributed by atoms with Crippen molar-refractivity contribution in [3.05, 3.63) is 34.9 Å². The van der Waals surface area contributed by atoms with E-state index in [1.807, 2.05) is 0 Å². The molecule has 0 aliphatic carbocycles. The molecule has 0 heterocycles. The van der Waals surface area contributed by atoms with Crippen LogP contribution in [0.4, 0.5) is 8.78 Å². The van der Waals surface area contributed by atoms with Crippen molar-refractivity contribution in [3.8, 4) is 0 Å². The van der Waals surface area contributed by atoms with Crippen molar-refractivity contribution in [2.75, 3.05) is 7.05 Å². The molecule has 0 fully saturated rings. The monoisotopic (exact) mass is 233 g/mol. The van der Waals surface area contributed by atoms with Crippen LogP contribution in [-0.4, -0.2) is 19.0 Å². The van der Waals surface area contributed by atoms with Crippen LogP contribution < -0.4 is 5.32 Å². The lowest BCUT2D eigenvalue weighted by molar-refractivity contribution is 0.0451. The smallest absolute Gasteiger partial charge is 0.256 e. The molecule has 0 radical (unpaired) electrons. The highest BCUT2D eigenvalue weighted by Gasteiger charge is 2.33. The fourth-order valence-electron chi connectivity index (χ4n) is 1.30. The maximum absolute atomic E-state index is 12.8. The first kappa shape index (κ1) is 12.4. The van der Waals surface area contributed by atoms with Gasteiger partial charge in [0.2, 0.25) is 0 Å². The Morgan fingerprint density at radius 3 is 2.27 bits per heavy atom. The third-order valence-electron chi connectivity index (χ3n) is 2.54. The van der Waals surface area contributed by atoms with Crippen LogP contribution in [0.15, 0.2) is 24.3 Å². The van der Waals surface area contributed by atoms with E-state index in [0.717, 1.165) is 5.56 Å². The highest BCUT2D eigenvalue weighted by atomic mass is 35.5. The molecule has 1 aromatic carbocycles. The molecule has 1 unspecified atom stereocenters. The summed E-state index contributed by atoms with van der Waals surface area (Å²) in [5, 5.41) is 3.27. The van der Waals surface area contributed by atoms with E-state index < -0.39 is 12.0 Å².